The molecule has 6 nitrogen and oxygen atoms in total. The number of tetrazole rings is 1. The highest BCUT2D eigenvalue weighted by molar-refractivity contribution is 7.11. The second kappa shape index (κ2) is 4.89. The Morgan fingerprint density at radius 3 is 2.53 bits per heavy atom. The van der Waals surface area contributed by atoms with Gasteiger partial charge in [-0.05, 0) is 27.7 Å². The Morgan fingerprint density at radius 2 is 2.00 bits per heavy atom. The molecular weight excluding hydrogens is 236 g/mol. The first-order valence-corrected chi connectivity index (χ1v) is 6.33. The minimum absolute atomic E-state index is 0.0607. The average Bonchev–Trinajstić information content (AvgIpc) is 2.87. The van der Waals surface area contributed by atoms with Crippen molar-refractivity contribution in [2.45, 2.75) is 39.8 Å². The van der Waals surface area contributed by atoms with E-state index in [0.29, 0.717) is 5.82 Å². The largest absolute Gasteiger partial charge is 0.300 e. The molecule has 17 heavy (non-hydrogen) atoms. The third-order valence-electron chi connectivity index (χ3n) is 2.58. The van der Waals surface area contributed by atoms with Crippen LogP contribution in [0.2, 0.25) is 0 Å². The van der Waals surface area contributed by atoms with Gasteiger partial charge in [-0.2, -0.15) is 5.21 Å². The highest BCUT2D eigenvalue weighted by atomic mass is 32.1. The summed E-state index contributed by atoms with van der Waals surface area (Å²) >= 11 is 1.72. The molecule has 2 atom stereocenters. The first kappa shape index (κ1) is 12.1. The van der Waals surface area contributed by atoms with E-state index in [4.69, 9.17) is 0 Å². The second-order valence-corrected chi connectivity index (χ2v) is 5.30. The normalized spacial score (nSPS) is 14.8. The maximum absolute atomic E-state index is 4.43. The van der Waals surface area contributed by atoms with Crippen LogP contribution in [-0.4, -0.2) is 25.6 Å². The maximum Gasteiger partial charge on any atom is 0.191 e. The van der Waals surface area contributed by atoms with Gasteiger partial charge in [0.15, 0.2) is 5.82 Å². The Labute approximate surface area is 104 Å². The lowest BCUT2D eigenvalue weighted by atomic mass is 10.2. The summed E-state index contributed by atoms with van der Waals surface area (Å²) in [6.07, 6.45) is 0. The summed E-state index contributed by atoms with van der Waals surface area (Å²) in [6.45, 7) is 8.20. The molecule has 0 spiro atoms. The van der Waals surface area contributed by atoms with Crippen molar-refractivity contribution < 1.29 is 0 Å². The zero-order valence-corrected chi connectivity index (χ0v) is 11.2. The number of rotatable bonds is 4. The molecule has 7 heteroatoms. The molecule has 0 radical (unpaired) electrons. The first-order chi connectivity index (χ1) is 8.08. The molecule has 0 fully saturated rings. The van der Waals surface area contributed by atoms with Crippen molar-refractivity contribution in [1.82, 2.24) is 30.9 Å². The Bertz CT molecular complexity index is 477. The van der Waals surface area contributed by atoms with Crippen LogP contribution in [0.5, 0.6) is 0 Å². The van der Waals surface area contributed by atoms with Crippen molar-refractivity contribution in [3.8, 4) is 0 Å². The molecule has 0 aliphatic rings. The van der Waals surface area contributed by atoms with E-state index in [0.717, 1.165) is 10.7 Å². The third kappa shape index (κ3) is 2.67. The highest BCUT2D eigenvalue weighted by Crippen LogP contribution is 2.26. The van der Waals surface area contributed by atoms with Crippen LogP contribution in [-0.2, 0) is 0 Å². The molecule has 0 aromatic carbocycles. The van der Waals surface area contributed by atoms with Crippen LogP contribution in [0.1, 0.15) is 47.3 Å². The fourth-order valence-electron chi connectivity index (χ4n) is 1.83. The molecule has 2 unspecified atom stereocenters. The summed E-state index contributed by atoms with van der Waals surface area (Å²) in [5.41, 5.74) is 1.09. The number of H-pyrrole nitrogens is 1. The minimum atomic E-state index is 0.0607. The molecule has 92 valence electrons. The van der Waals surface area contributed by atoms with Crippen LogP contribution in [0.3, 0.4) is 0 Å². The number of nitrogens with one attached hydrogen (secondary N) is 2. The number of hydrogen-bond donors (Lipinski definition) is 2. The van der Waals surface area contributed by atoms with E-state index in [1.54, 1.807) is 11.3 Å². The fourth-order valence-corrected chi connectivity index (χ4v) is 2.77. The van der Waals surface area contributed by atoms with E-state index in [2.05, 4.69) is 37.8 Å². The van der Waals surface area contributed by atoms with E-state index in [9.17, 15) is 0 Å². The summed E-state index contributed by atoms with van der Waals surface area (Å²) in [4.78, 5) is 5.69. The molecule has 2 heterocycles. The van der Waals surface area contributed by atoms with E-state index in [1.165, 1.54) is 4.88 Å². The van der Waals surface area contributed by atoms with Gasteiger partial charge in [0.25, 0.3) is 0 Å². The monoisotopic (exact) mass is 252 g/mol. The predicted molar refractivity (Wildman–Crippen MR) is 65.7 cm³/mol. The number of aromatic amines is 1. The van der Waals surface area contributed by atoms with Gasteiger partial charge in [-0.3, -0.25) is 5.32 Å². The first-order valence-electron chi connectivity index (χ1n) is 5.51. The van der Waals surface area contributed by atoms with Gasteiger partial charge in [0.1, 0.15) is 0 Å². The van der Waals surface area contributed by atoms with Crippen molar-refractivity contribution in [3.05, 3.63) is 21.4 Å². The third-order valence-corrected chi connectivity index (χ3v) is 3.84. The number of aryl methyl sites for hydroxylation is 2. The quantitative estimate of drug-likeness (QED) is 0.865. The SMILES string of the molecule is Cc1nc(C)c(C(C)NC(C)c2nn[nH]n2)s1. The lowest BCUT2D eigenvalue weighted by Gasteiger charge is -2.16. The van der Waals surface area contributed by atoms with Crippen LogP contribution in [0.4, 0.5) is 0 Å². The second-order valence-electron chi connectivity index (χ2n) is 4.06. The molecular formula is C10H16N6S. The van der Waals surface area contributed by atoms with Crippen molar-refractivity contribution in [3.63, 3.8) is 0 Å². The Hall–Kier alpha value is -1.34. The van der Waals surface area contributed by atoms with Gasteiger partial charge in [0.2, 0.25) is 0 Å². The summed E-state index contributed by atoms with van der Waals surface area (Å²) in [5, 5.41) is 18.5. The Morgan fingerprint density at radius 1 is 1.24 bits per heavy atom. The molecule has 2 N–H and O–H groups in total. The van der Waals surface area contributed by atoms with E-state index >= 15 is 0 Å². The molecule has 0 saturated heterocycles. The highest BCUT2D eigenvalue weighted by Gasteiger charge is 2.17. The molecule has 0 saturated carbocycles. The average molecular weight is 252 g/mol. The van der Waals surface area contributed by atoms with Crippen LogP contribution in [0, 0.1) is 13.8 Å². The topological polar surface area (TPSA) is 79.4 Å². The Balaban J connectivity index is 2.06. The number of hydrogen-bond acceptors (Lipinski definition) is 6. The maximum atomic E-state index is 4.43. The molecule has 2 aromatic rings. The minimum Gasteiger partial charge on any atom is -0.300 e. The molecule has 0 aliphatic carbocycles. The number of thiazole rings is 1. The van der Waals surface area contributed by atoms with Gasteiger partial charge < -0.3 is 0 Å². The van der Waals surface area contributed by atoms with E-state index < -0.39 is 0 Å². The van der Waals surface area contributed by atoms with E-state index in [-0.39, 0.29) is 12.1 Å². The fraction of sp³-hybridized carbons (Fsp3) is 0.600. The number of aromatic nitrogens is 5. The van der Waals surface area contributed by atoms with Crippen molar-refractivity contribution in [1.29, 1.82) is 0 Å². The summed E-state index contributed by atoms with van der Waals surface area (Å²) in [7, 11) is 0. The zero-order valence-electron chi connectivity index (χ0n) is 10.4. The van der Waals surface area contributed by atoms with Crippen LogP contribution in [0.25, 0.3) is 0 Å². The van der Waals surface area contributed by atoms with Crippen molar-refractivity contribution in [2.24, 2.45) is 0 Å². The summed E-state index contributed by atoms with van der Waals surface area (Å²) < 4.78 is 0. The molecule has 0 aliphatic heterocycles. The predicted octanol–water partition coefficient (Wildman–Crippen LogP) is 1.68. The van der Waals surface area contributed by atoms with Gasteiger partial charge >= 0.3 is 0 Å². The molecule has 0 amide bonds. The number of nitrogens with zero attached hydrogens (tertiary/aromatic N) is 4. The van der Waals surface area contributed by atoms with Gasteiger partial charge in [-0.1, -0.05) is 5.21 Å². The smallest absolute Gasteiger partial charge is 0.191 e. The lowest BCUT2D eigenvalue weighted by Crippen LogP contribution is -2.23. The standard InChI is InChI=1S/C10H16N6S/c1-5(9-6(2)12-8(4)17-9)11-7(3)10-13-15-16-14-10/h5,7,11H,1-4H3,(H,13,14,15,16). The summed E-state index contributed by atoms with van der Waals surface area (Å²) in [6, 6.07) is 0.292. The van der Waals surface area contributed by atoms with Gasteiger partial charge in [-0.15, -0.1) is 21.5 Å². The van der Waals surface area contributed by atoms with Crippen molar-refractivity contribution >= 4 is 11.3 Å². The Kier molecular flexibility index (Phi) is 3.49. The molecule has 2 rings (SSSR count). The van der Waals surface area contributed by atoms with Crippen LogP contribution < -0.4 is 5.32 Å². The van der Waals surface area contributed by atoms with Gasteiger partial charge in [-0.25, -0.2) is 4.98 Å². The van der Waals surface area contributed by atoms with E-state index in [1.807, 2.05) is 20.8 Å². The summed E-state index contributed by atoms with van der Waals surface area (Å²) in [5.74, 6) is 0.677. The van der Waals surface area contributed by atoms with Gasteiger partial charge in [0, 0.05) is 10.9 Å². The molecule has 2 aromatic heterocycles. The van der Waals surface area contributed by atoms with Crippen LogP contribution in [0.15, 0.2) is 0 Å². The zero-order chi connectivity index (χ0) is 12.4. The van der Waals surface area contributed by atoms with Gasteiger partial charge in [0.05, 0.1) is 16.7 Å². The lowest BCUT2D eigenvalue weighted by molar-refractivity contribution is 0.480. The molecule has 0 bridgehead atoms. The van der Waals surface area contributed by atoms with Crippen LogP contribution >= 0.6 is 11.3 Å². The van der Waals surface area contributed by atoms with Crippen molar-refractivity contribution in [2.75, 3.05) is 0 Å².